The number of anilines is 1. The van der Waals surface area contributed by atoms with Gasteiger partial charge in [0.05, 0.1) is 16.8 Å². The van der Waals surface area contributed by atoms with E-state index in [9.17, 15) is 41.0 Å². The van der Waals surface area contributed by atoms with Crippen molar-refractivity contribution in [1.82, 2.24) is 4.90 Å². The van der Waals surface area contributed by atoms with Gasteiger partial charge in [0.2, 0.25) is 11.5 Å². The van der Waals surface area contributed by atoms with Crippen molar-refractivity contribution >= 4 is 17.5 Å². The average Bonchev–Trinajstić information content (AvgIpc) is 3.72. The monoisotopic (exact) mass is 553 g/mol. The summed E-state index contributed by atoms with van der Waals surface area (Å²) in [6.45, 7) is -0.141. The SMILES string of the molecule is NC(=O)c1cc2c(c(C(F)(F)F)c1)C(O)(c1c(F)cc(F)cc1F)C(=O)N2CC1CC(N(C2CC2)C2CC2)C1. The van der Waals surface area contributed by atoms with Gasteiger partial charge >= 0.3 is 6.18 Å². The van der Waals surface area contributed by atoms with Gasteiger partial charge < -0.3 is 15.7 Å². The second-order valence-electron chi connectivity index (χ2n) is 11.1. The van der Waals surface area contributed by atoms with Crippen LogP contribution in [0.3, 0.4) is 0 Å². The average molecular weight is 554 g/mol. The van der Waals surface area contributed by atoms with Crippen molar-refractivity contribution in [2.24, 2.45) is 11.7 Å². The largest absolute Gasteiger partial charge is 0.416 e. The molecule has 0 bridgehead atoms. The fourth-order valence-electron chi connectivity index (χ4n) is 6.29. The summed E-state index contributed by atoms with van der Waals surface area (Å²) >= 11 is 0. The Morgan fingerprint density at radius 3 is 2.03 bits per heavy atom. The number of halogens is 6. The maximum Gasteiger partial charge on any atom is 0.416 e. The Labute approximate surface area is 219 Å². The lowest BCUT2D eigenvalue weighted by atomic mass is 9.78. The van der Waals surface area contributed by atoms with Gasteiger partial charge in [-0.3, -0.25) is 14.5 Å². The van der Waals surface area contributed by atoms with Crippen LogP contribution in [0.15, 0.2) is 24.3 Å². The van der Waals surface area contributed by atoms with E-state index in [4.69, 9.17) is 5.73 Å². The molecule has 0 spiro atoms. The van der Waals surface area contributed by atoms with Gasteiger partial charge in [-0.15, -0.1) is 0 Å². The van der Waals surface area contributed by atoms with Crippen LogP contribution in [0, 0.1) is 23.4 Å². The summed E-state index contributed by atoms with van der Waals surface area (Å²) < 4.78 is 86.3. The molecule has 6 rings (SSSR count). The van der Waals surface area contributed by atoms with E-state index in [1.807, 2.05) is 0 Å². The molecule has 208 valence electrons. The van der Waals surface area contributed by atoms with Crippen molar-refractivity contribution < 1.29 is 41.0 Å². The molecule has 0 aromatic heterocycles. The maximum atomic E-state index is 14.9. The van der Waals surface area contributed by atoms with Gasteiger partial charge in [0.25, 0.3) is 5.91 Å². The summed E-state index contributed by atoms with van der Waals surface area (Å²) in [5.41, 5.74) is -3.50. The highest BCUT2D eigenvalue weighted by Crippen LogP contribution is 2.53. The van der Waals surface area contributed by atoms with Crippen molar-refractivity contribution in [3.8, 4) is 0 Å². The number of nitrogens with zero attached hydrogens (tertiary/aromatic N) is 2. The van der Waals surface area contributed by atoms with Crippen molar-refractivity contribution in [2.75, 3.05) is 11.4 Å². The number of alkyl halides is 3. The first-order chi connectivity index (χ1) is 18.3. The first-order valence-electron chi connectivity index (χ1n) is 12.8. The zero-order valence-corrected chi connectivity index (χ0v) is 20.6. The van der Waals surface area contributed by atoms with Gasteiger partial charge in [0, 0.05) is 47.9 Å². The second kappa shape index (κ2) is 8.69. The van der Waals surface area contributed by atoms with E-state index in [0.717, 1.165) is 36.6 Å². The standard InChI is InChI=1S/C27H25F6N3O3/c28-14-9-19(29)23(20(30)10-14)26(39)22-18(27(31,32)33)7-13(24(34)37)8-21(22)35(25(26)38)11-12-5-17(6-12)36(15-1-2-15)16-3-4-16/h7-10,12,15-17,39H,1-6,11H2,(H2,34,37). The van der Waals surface area contributed by atoms with E-state index in [2.05, 4.69) is 4.90 Å². The molecule has 1 aliphatic heterocycles. The zero-order chi connectivity index (χ0) is 28.0. The third kappa shape index (κ3) is 4.19. The minimum Gasteiger partial charge on any atom is -0.371 e. The Morgan fingerprint density at radius 1 is 0.974 bits per heavy atom. The van der Waals surface area contributed by atoms with Crippen LogP contribution in [-0.2, 0) is 16.6 Å². The first-order valence-corrected chi connectivity index (χ1v) is 12.8. The zero-order valence-electron chi connectivity index (χ0n) is 20.6. The molecule has 1 atom stereocenters. The van der Waals surface area contributed by atoms with Crippen LogP contribution in [0.1, 0.15) is 65.6 Å². The summed E-state index contributed by atoms with van der Waals surface area (Å²) in [4.78, 5) is 29.0. The quantitative estimate of drug-likeness (QED) is 0.503. The molecule has 6 nitrogen and oxygen atoms in total. The van der Waals surface area contributed by atoms with Crippen LogP contribution < -0.4 is 10.6 Å². The molecule has 2 aromatic rings. The number of hydrogen-bond acceptors (Lipinski definition) is 4. The number of rotatable bonds is 7. The van der Waals surface area contributed by atoms with Gasteiger partial charge in [-0.05, 0) is 56.6 Å². The molecule has 2 aromatic carbocycles. The maximum absolute atomic E-state index is 14.9. The topological polar surface area (TPSA) is 86.9 Å². The summed E-state index contributed by atoms with van der Waals surface area (Å²) in [5.74, 6) is -7.63. The molecule has 3 aliphatic carbocycles. The summed E-state index contributed by atoms with van der Waals surface area (Å²) in [6.07, 6.45) is 0.544. The fraction of sp³-hybridized carbons (Fsp3) is 0.481. The summed E-state index contributed by atoms with van der Waals surface area (Å²) in [7, 11) is 0. The van der Waals surface area contributed by atoms with Crippen LogP contribution in [0.25, 0.3) is 0 Å². The summed E-state index contributed by atoms with van der Waals surface area (Å²) in [6, 6.07) is 2.93. The molecule has 3 N–H and O–H groups in total. The molecule has 3 fully saturated rings. The lowest BCUT2D eigenvalue weighted by Crippen LogP contribution is -2.51. The van der Waals surface area contributed by atoms with Crippen molar-refractivity contribution in [2.45, 2.75) is 68.4 Å². The Balaban J connectivity index is 1.43. The van der Waals surface area contributed by atoms with E-state index < -0.39 is 69.0 Å². The molecule has 0 radical (unpaired) electrons. The molecule has 4 aliphatic rings. The molecular weight excluding hydrogens is 528 g/mol. The van der Waals surface area contributed by atoms with E-state index in [1.54, 1.807) is 0 Å². The molecule has 39 heavy (non-hydrogen) atoms. The lowest BCUT2D eigenvalue weighted by Gasteiger charge is -2.45. The Bertz CT molecular complexity index is 1350. The van der Waals surface area contributed by atoms with E-state index in [1.165, 1.54) is 0 Å². The number of hydrogen-bond donors (Lipinski definition) is 2. The molecule has 0 saturated heterocycles. The van der Waals surface area contributed by atoms with Crippen LogP contribution >= 0.6 is 0 Å². The third-order valence-electron chi connectivity index (χ3n) is 8.29. The normalized spacial score (nSPS) is 26.7. The van der Waals surface area contributed by atoms with Crippen LogP contribution in [0.5, 0.6) is 0 Å². The number of fused-ring (bicyclic) bond motifs is 1. The second-order valence-corrected chi connectivity index (χ2v) is 11.1. The highest BCUT2D eigenvalue weighted by molar-refractivity contribution is 6.11. The van der Waals surface area contributed by atoms with Crippen molar-refractivity contribution in [3.05, 3.63) is 64.0 Å². The molecule has 3 saturated carbocycles. The Morgan fingerprint density at radius 2 is 1.54 bits per heavy atom. The Kier molecular flexibility index (Phi) is 5.82. The molecular formula is C27H25F6N3O3. The van der Waals surface area contributed by atoms with Gasteiger partial charge in [0.15, 0.2) is 0 Å². The Hall–Kier alpha value is -3.12. The minimum atomic E-state index is -5.25. The molecule has 12 heteroatoms. The molecule has 1 unspecified atom stereocenters. The number of amides is 2. The number of primary amides is 1. The van der Waals surface area contributed by atoms with Crippen LogP contribution in [0.2, 0.25) is 0 Å². The van der Waals surface area contributed by atoms with E-state index in [0.29, 0.717) is 31.0 Å². The predicted octanol–water partition coefficient (Wildman–Crippen LogP) is 4.21. The van der Waals surface area contributed by atoms with Crippen LogP contribution in [0.4, 0.5) is 32.0 Å². The highest BCUT2D eigenvalue weighted by Gasteiger charge is 2.59. The predicted molar refractivity (Wildman–Crippen MR) is 126 cm³/mol. The van der Waals surface area contributed by atoms with Gasteiger partial charge in [-0.1, -0.05) is 0 Å². The van der Waals surface area contributed by atoms with Crippen molar-refractivity contribution in [1.29, 1.82) is 0 Å². The van der Waals surface area contributed by atoms with Crippen LogP contribution in [-0.4, -0.2) is 46.5 Å². The fourth-order valence-corrected chi connectivity index (χ4v) is 6.29. The van der Waals surface area contributed by atoms with E-state index >= 15 is 0 Å². The lowest BCUT2D eigenvalue weighted by molar-refractivity contribution is -0.142. The summed E-state index contributed by atoms with van der Waals surface area (Å²) in [5, 5.41) is 11.6. The van der Waals surface area contributed by atoms with Crippen molar-refractivity contribution in [3.63, 3.8) is 0 Å². The molecule has 2 amide bonds. The van der Waals surface area contributed by atoms with Gasteiger partial charge in [-0.2, -0.15) is 13.2 Å². The number of benzene rings is 2. The number of carbonyl (C=O) groups excluding carboxylic acids is 2. The van der Waals surface area contributed by atoms with Gasteiger partial charge in [0.1, 0.15) is 17.5 Å². The minimum absolute atomic E-state index is 0.141. The van der Waals surface area contributed by atoms with E-state index in [-0.39, 0.29) is 30.6 Å². The number of nitrogens with two attached hydrogens (primary N) is 1. The van der Waals surface area contributed by atoms with Gasteiger partial charge in [-0.25, -0.2) is 13.2 Å². The first kappa shape index (κ1) is 26.1. The smallest absolute Gasteiger partial charge is 0.371 e. The number of aliphatic hydroxyl groups is 1. The third-order valence-corrected chi connectivity index (χ3v) is 8.29. The number of carbonyl (C=O) groups is 2. The highest BCUT2D eigenvalue weighted by atomic mass is 19.4. The molecule has 1 heterocycles.